The Labute approximate surface area is 156 Å². The Balaban J connectivity index is 1.70. The molecule has 0 radical (unpaired) electrons. The second-order valence-corrected chi connectivity index (χ2v) is 9.32. The van der Waals surface area contributed by atoms with Gasteiger partial charge in [0.15, 0.2) is 0 Å². The highest BCUT2D eigenvalue weighted by Crippen LogP contribution is 2.63. The van der Waals surface area contributed by atoms with E-state index in [1.165, 1.54) is 12.0 Å². The molecule has 1 unspecified atom stereocenters. The summed E-state index contributed by atoms with van der Waals surface area (Å²) in [6.45, 7) is 4.76. The second-order valence-electron chi connectivity index (χ2n) is 9.32. The van der Waals surface area contributed by atoms with Crippen LogP contribution in [0, 0.1) is 16.7 Å². The summed E-state index contributed by atoms with van der Waals surface area (Å²) < 4.78 is 0. The van der Waals surface area contributed by atoms with E-state index in [-0.39, 0.29) is 17.3 Å². The van der Waals surface area contributed by atoms with Crippen molar-refractivity contribution in [3.8, 4) is 0 Å². The van der Waals surface area contributed by atoms with Gasteiger partial charge in [0, 0.05) is 24.9 Å². The SMILES string of the molecule is CN1C(=O)CC[C@@]2(C)C1CCC1=C3CCC(=CCC(=O)O)[C@@]3(C)CC[C@@H]12. The second kappa shape index (κ2) is 5.97. The third-order valence-electron chi connectivity index (χ3n) is 8.27. The predicted molar refractivity (Wildman–Crippen MR) is 101 cm³/mol. The van der Waals surface area contributed by atoms with E-state index >= 15 is 0 Å². The summed E-state index contributed by atoms with van der Waals surface area (Å²) in [7, 11) is 2.00. The molecule has 1 saturated heterocycles. The Hall–Kier alpha value is -1.58. The fraction of sp³-hybridized carbons (Fsp3) is 0.727. The third-order valence-corrected chi connectivity index (χ3v) is 8.27. The van der Waals surface area contributed by atoms with Gasteiger partial charge in [0.2, 0.25) is 5.91 Å². The molecule has 1 N–H and O–H groups in total. The van der Waals surface area contributed by atoms with E-state index in [4.69, 9.17) is 5.11 Å². The minimum Gasteiger partial charge on any atom is -0.481 e. The van der Waals surface area contributed by atoms with Gasteiger partial charge in [-0.2, -0.15) is 0 Å². The smallest absolute Gasteiger partial charge is 0.307 e. The maximum Gasteiger partial charge on any atom is 0.307 e. The van der Waals surface area contributed by atoms with Crippen molar-refractivity contribution in [1.82, 2.24) is 4.90 Å². The molecule has 3 aliphatic carbocycles. The lowest BCUT2D eigenvalue weighted by Gasteiger charge is -2.57. The number of allylic oxidation sites excluding steroid dienone is 3. The van der Waals surface area contributed by atoms with Crippen LogP contribution in [0.1, 0.15) is 71.6 Å². The summed E-state index contributed by atoms with van der Waals surface area (Å²) in [5.74, 6) is 0.168. The van der Waals surface area contributed by atoms with Crippen molar-refractivity contribution in [2.75, 3.05) is 7.05 Å². The van der Waals surface area contributed by atoms with Crippen LogP contribution in [0.3, 0.4) is 0 Å². The topological polar surface area (TPSA) is 57.6 Å². The van der Waals surface area contributed by atoms with Gasteiger partial charge in [-0.3, -0.25) is 9.59 Å². The van der Waals surface area contributed by atoms with Crippen LogP contribution in [0.2, 0.25) is 0 Å². The highest BCUT2D eigenvalue weighted by molar-refractivity contribution is 5.77. The number of nitrogens with zero attached hydrogens (tertiary/aromatic N) is 1. The molecule has 0 aromatic rings. The van der Waals surface area contributed by atoms with Crippen molar-refractivity contribution in [3.05, 3.63) is 22.8 Å². The van der Waals surface area contributed by atoms with Crippen LogP contribution in [0.15, 0.2) is 22.8 Å². The molecule has 1 aliphatic heterocycles. The van der Waals surface area contributed by atoms with Crippen LogP contribution in [0.4, 0.5) is 0 Å². The number of aliphatic carboxylic acids is 1. The predicted octanol–water partition coefficient (Wildman–Crippen LogP) is 4.32. The maximum atomic E-state index is 12.2. The number of carbonyl (C=O) groups excluding carboxylic acids is 1. The number of amides is 1. The van der Waals surface area contributed by atoms with Crippen LogP contribution in [-0.4, -0.2) is 35.0 Å². The normalized spacial score (nSPS) is 41.1. The first kappa shape index (κ1) is 17.8. The fourth-order valence-corrected chi connectivity index (χ4v) is 6.80. The molecule has 4 atom stereocenters. The van der Waals surface area contributed by atoms with E-state index in [1.807, 2.05) is 18.0 Å². The van der Waals surface area contributed by atoms with E-state index < -0.39 is 5.97 Å². The highest BCUT2D eigenvalue weighted by Gasteiger charge is 2.55. The molecular formula is C22H31NO3. The molecule has 0 bridgehead atoms. The minimum absolute atomic E-state index is 0.0842. The van der Waals surface area contributed by atoms with Gasteiger partial charge in [0.05, 0.1) is 6.42 Å². The molecule has 1 amide bonds. The summed E-state index contributed by atoms with van der Waals surface area (Å²) >= 11 is 0. The van der Waals surface area contributed by atoms with Crippen molar-refractivity contribution in [2.24, 2.45) is 16.7 Å². The Morgan fingerprint density at radius 3 is 2.69 bits per heavy atom. The van der Waals surface area contributed by atoms with Gasteiger partial charge in [-0.05, 0) is 56.3 Å². The summed E-state index contributed by atoms with van der Waals surface area (Å²) in [5, 5.41) is 9.06. The number of hydrogen-bond acceptors (Lipinski definition) is 2. The van der Waals surface area contributed by atoms with Gasteiger partial charge in [-0.25, -0.2) is 0 Å². The Morgan fingerprint density at radius 2 is 1.96 bits per heavy atom. The number of carboxylic acids is 1. The van der Waals surface area contributed by atoms with E-state index in [9.17, 15) is 9.59 Å². The minimum atomic E-state index is -0.737. The van der Waals surface area contributed by atoms with Gasteiger partial charge in [-0.1, -0.05) is 36.6 Å². The molecule has 1 heterocycles. The van der Waals surface area contributed by atoms with Crippen molar-refractivity contribution in [3.63, 3.8) is 0 Å². The number of piperidine rings is 1. The van der Waals surface area contributed by atoms with Crippen LogP contribution < -0.4 is 0 Å². The van der Waals surface area contributed by atoms with Crippen molar-refractivity contribution >= 4 is 11.9 Å². The van der Waals surface area contributed by atoms with Crippen LogP contribution in [-0.2, 0) is 9.59 Å². The van der Waals surface area contributed by atoms with Gasteiger partial charge in [0.25, 0.3) is 0 Å². The lowest BCUT2D eigenvalue weighted by molar-refractivity contribution is -0.144. The van der Waals surface area contributed by atoms with E-state index in [0.717, 1.165) is 38.5 Å². The largest absolute Gasteiger partial charge is 0.481 e. The first-order valence-corrected chi connectivity index (χ1v) is 10.2. The number of rotatable bonds is 2. The Bertz CT molecular complexity index is 721. The standard InChI is InChI=1S/C22H31NO3/c1-21-12-10-17-15(16(21)7-4-14(21)5-9-20(25)26)6-8-18-22(17,2)13-11-19(24)23(18)3/h5,17-18H,4,6-13H2,1-3H3,(H,25,26)/t17-,18?,21+,22+/m0/s1. The molecule has 4 nitrogen and oxygen atoms in total. The zero-order chi connectivity index (χ0) is 18.7. The summed E-state index contributed by atoms with van der Waals surface area (Å²) in [4.78, 5) is 25.3. The van der Waals surface area contributed by atoms with Gasteiger partial charge in [-0.15, -0.1) is 0 Å². The third kappa shape index (κ3) is 2.40. The summed E-state index contributed by atoms with van der Waals surface area (Å²) in [6, 6.07) is 0.380. The zero-order valence-corrected chi connectivity index (χ0v) is 16.3. The van der Waals surface area contributed by atoms with Gasteiger partial charge < -0.3 is 10.0 Å². The average molecular weight is 357 g/mol. The quantitative estimate of drug-likeness (QED) is 0.749. The average Bonchev–Trinajstić information content (AvgIpc) is 2.93. The molecular weight excluding hydrogens is 326 g/mol. The van der Waals surface area contributed by atoms with Crippen molar-refractivity contribution in [2.45, 2.75) is 77.7 Å². The molecule has 4 heteroatoms. The molecule has 2 saturated carbocycles. The van der Waals surface area contributed by atoms with Crippen LogP contribution in [0.25, 0.3) is 0 Å². The Morgan fingerprint density at radius 1 is 1.19 bits per heavy atom. The van der Waals surface area contributed by atoms with Gasteiger partial charge >= 0.3 is 5.97 Å². The fourth-order valence-electron chi connectivity index (χ4n) is 6.80. The van der Waals surface area contributed by atoms with Gasteiger partial charge in [0.1, 0.15) is 0 Å². The van der Waals surface area contributed by atoms with E-state index in [0.29, 0.717) is 24.3 Å². The maximum absolute atomic E-state index is 12.2. The Kier molecular flexibility index (Phi) is 4.09. The lowest BCUT2D eigenvalue weighted by Crippen LogP contribution is -2.58. The number of carbonyl (C=O) groups is 2. The molecule has 3 fully saturated rings. The monoisotopic (exact) mass is 357 g/mol. The highest BCUT2D eigenvalue weighted by atomic mass is 16.4. The molecule has 4 rings (SSSR count). The molecule has 142 valence electrons. The summed E-state index contributed by atoms with van der Waals surface area (Å²) in [6.07, 6.45) is 10.4. The molecule has 4 aliphatic rings. The van der Waals surface area contributed by atoms with Crippen LogP contribution in [0.5, 0.6) is 0 Å². The van der Waals surface area contributed by atoms with E-state index in [1.54, 1.807) is 11.1 Å². The van der Waals surface area contributed by atoms with Crippen molar-refractivity contribution < 1.29 is 14.7 Å². The number of fused-ring (bicyclic) bond motifs is 4. The first-order valence-electron chi connectivity index (χ1n) is 10.2. The number of hydrogen-bond donors (Lipinski definition) is 1. The first-order chi connectivity index (χ1) is 12.3. The number of likely N-dealkylation sites (tertiary alicyclic amines) is 1. The van der Waals surface area contributed by atoms with Crippen molar-refractivity contribution in [1.29, 1.82) is 0 Å². The lowest BCUT2D eigenvalue weighted by atomic mass is 9.52. The number of carboxylic acid groups (broad SMARTS) is 1. The zero-order valence-electron chi connectivity index (χ0n) is 16.3. The molecule has 26 heavy (non-hydrogen) atoms. The molecule has 0 aromatic heterocycles. The van der Waals surface area contributed by atoms with E-state index in [2.05, 4.69) is 13.8 Å². The molecule has 0 spiro atoms. The van der Waals surface area contributed by atoms with Crippen LogP contribution >= 0.6 is 0 Å². The molecule has 0 aromatic carbocycles. The summed E-state index contributed by atoms with van der Waals surface area (Å²) in [5.41, 5.74) is 4.92.